The first-order valence-electron chi connectivity index (χ1n) is 9.36. The highest BCUT2D eigenvalue weighted by molar-refractivity contribution is 5.91. The normalized spacial score (nSPS) is 11.1. The van der Waals surface area contributed by atoms with Crippen molar-refractivity contribution in [1.29, 1.82) is 0 Å². The Kier molecular flexibility index (Phi) is 6.07. The van der Waals surface area contributed by atoms with Crippen LogP contribution in [-0.4, -0.2) is 29.4 Å². The molecule has 0 saturated heterocycles. The van der Waals surface area contributed by atoms with Crippen molar-refractivity contribution in [3.05, 3.63) is 89.5 Å². The van der Waals surface area contributed by atoms with E-state index >= 15 is 0 Å². The lowest BCUT2D eigenvalue weighted by molar-refractivity contribution is 0.0693. The highest BCUT2D eigenvalue weighted by Crippen LogP contribution is 2.35. The Labute approximate surface area is 170 Å². The Bertz CT molecular complexity index is 980. The molecule has 29 heavy (non-hydrogen) atoms. The predicted octanol–water partition coefficient (Wildman–Crippen LogP) is 4.87. The molecule has 0 amide bonds. The summed E-state index contributed by atoms with van der Waals surface area (Å²) < 4.78 is 11.5. The van der Waals surface area contributed by atoms with Gasteiger partial charge in [-0.2, -0.15) is 0 Å². The van der Waals surface area contributed by atoms with Gasteiger partial charge < -0.3 is 19.7 Å². The van der Waals surface area contributed by atoms with Gasteiger partial charge in [0.1, 0.15) is 36.0 Å². The molecular weight excluding hydrogens is 368 g/mol. The fourth-order valence-electron chi connectivity index (χ4n) is 3.07. The van der Waals surface area contributed by atoms with Crippen molar-refractivity contribution in [1.82, 2.24) is 0 Å². The maximum atomic E-state index is 11.3. The largest absolute Gasteiger partial charge is 0.507 e. The fourth-order valence-corrected chi connectivity index (χ4v) is 3.07. The molecule has 0 aliphatic rings. The van der Waals surface area contributed by atoms with Gasteiger partial charge in [0.25, 0.3) is 0 Å². The van der Waals surface area contributed by atoms with Crippen LogP contribution in [0.2, 0.25) is 0 Å². The summed E-state index contributed by atoms with van der Waals surface area (Å²) in [5.74, 6) is 0.111. The summed E-state index contributed by atoms with van der Waals surface area (Å²) in [6.45, 7) is 4.84. The van der Waals surface area contributed by atoms with E-state index in [1.165, 1.54) is 12.1 Å². The third kappa shape index (κ3) is 4.88. The number of carboxylic acid groups (broad SMARTS) is 1. The molecule has 0 heterocycles. The lowest BCUT2D eigenvalue weighted by Gasteiger charge is -2.27. The van der Waals surface area contributed by atoms with Crippen LogP contribution in [0.3, 0.4) is 0 Å². The molecule has 0 spiro atoms. The van der Waals surface area contributed by atoms with Gasteiger partial charge >= 0.3 is 5.97 Å². The summed E-state index contributed by atoms with van der Waals surface area (Å²) >= 11 is 0. The molecule has 0 bridgehead atoms. The van der Waals surface area contributed by atoms with E-state index in [-0.39, 0.29) is 11.3 Å². The van der Waals surface area contributed by atoms with Gasteiger partial charge in [-0.25, -0.2) is 4.79 Å². The third-order valence-electron chi connectivity index (χ3n) is 4.87. The molecule has 5 nitrogen and oxygen atoms in total. The van der Waals surface area contributed by atoms with E-state index in [1.54, 1.807) is 6.07 Å². The van der Waals surface area contributed by atoms with Gasteiger partial charge in [-0.15, -0.1) is 0 Å². The fraction of sp³-hybridized carbons (Fsp3) is 0.208. The second-order valence-corrected chi connectivity index (χ2v) is 7.20. The number of para-hydroxylation sites is 1. The maximum absolute atomic E-state index is 11.3. The third-order valence-corrected chi connectivity index (χ3v) is 4.87. The Morgan fingerprint density at radius 1 is 0.828 bits per heavy atom. The lowest BCUT2D eigenvalue weighted by atomic mass is 9.77. The molecule has 150 valence electrons. The van der Waals surface area contributed by atoms with Crippen LogP contribution >= 0.6 is 0 Å². The number of carbonyl (C=O) groups is 1. The van der Waals surface area contributed by atoms with Crippen LogP contribution in [0.5, 0.6) is 17.2 Å². The molecule has 5 heteroatoms. The topological polar surface area (TPSA) is 76.0 Å². The molecule has 3 aromatic rings. The van der Waals surface area contributed by atoms with Crippen LogP contribution in [-0.2, 0) is 5.41 Å². The van der Waals surface area contributed by atoms with Crippen LogP contribution < -0.4 is 9.47 Å². The smallest absolute Gasteiger partial charge is 0.339 e. The quantitative estimate of drug-likeness (QED) is 0.535. The molecule has 0 saturated carbocycles. The molecule has 3 rings (SSSR count). The molecule has 0 aromatic heterocycles. The number of ether oxygens (including phenoxy) is 2. The Morgan fingerprint density at radius 2 is 1.45 bits per heavy atom. The average Bonchev–Trinajstić information content (AvgIpc) is 2.72. The Balaban J connectivity index is 1.71. The van der Waals surface area contributed by atoms with Gasteiger partial charge in [-0.1, -0.05) is 50.2 Å². The van der Waals surface area contributed by atoms with E-state index in [1.807, 2.05) is 68.4 Å². The van der Waals surface area contributed by atoms with Gasteiger partial charge in [0.2, 0.25) is 0 Å². The zero-order valence-corrected chi connectivity index (χ0v) is 16.5. The zero-order valence-electron chi connectivity index (χ0n) is 16.5. The number of hydrogen-bond acceptors (Lipinski definition) is 4. The zero-order chi connectivity index (χ0) is 20.9. The number of carboxylic acids is 1. The van der Waals surface area contributed by atoms with Gasteiger partial charge in [0.05, 0.1) is 0 Å². The summed E-state index contributed by atoms with van der Waals surface area (Å²) in [5.41, 5.74) is 1.18. The van der Waals surface area contributed by atoms with E-state index in [0.717, 1.165) is 16.9 Å². The molecule has 0 fully saturated rings. The van der Waals surface area contributed by atoms with E-state index in [9.17, 15) is 15.0 Å². The highest BCUT2D eigenvalue weighted by Gasteiger charge is 2.25. The molecule has 0 radical (unpaired) electrons. The van der Waals surface area contributed by atoms with Crippen molar-refractivity contribution in [3.63, 3.8) is 0 Å². The SMILES string of the molecule is CC(C)(c1cccc(OCCOc2ccccc2)c1)c1ccc(O)c(C(=O)O)c1. The lowest BCUT2D eigenvalue weighted by Crippen LogP contribution is -2.20. The predicted molar refractivity (Wildman–Crippen MR) is 111 cm³/mol. The molecule has 0 unspecified atom stereocenters. The number of aromatic carboxylic acids is 1. The number of aromatic hydroxyl groups is 1. The maximum Gasteiger partial charge on any atom is 0.339 e. The van der Waals surface area contributed by atoms with Gasteiger partial charge in [0, 0.05) is 5.41 Å². The second-order valence-electron chi connectivity index (χ2n) is 7.20. The van der Waals surface area contributed by atoms with E-state index in [4.69, 9.17) is 9.47 Å². The van der Waals surface area contributed by atoms with E-state index < -0.39 is 11.4 Å². The monoisotopic (exact) mass is 392 g/mol. The van der Waals surface area contributed by atoms with Crippen molar-refractivity contribution < 1.29 is 24.5 Å². The minimum atomic E-state index is -1.16. The van der Waals surface area contributed by atoms with Crippen molar-refractivity contribution in [2.24, 2.45) is 0 Å². The summed E-state index contributed by atoms with van der Waals surface area (Å²) in [4.78, 5) is 11.3. The molecule has 0 aliphatic carbocycles. The van der Waals surface area contributed by atoms with Crippen LogP contribution in [0.4, 0.5) is 0 Å². The van der Waals surface area contributed by atoms with E-state index in [2.05, 4.69) is 0 Å². The number of phenols is 1. The van der Waals surface area contributed by atoms with Crippen molar-refractivity contribution in [3.8, 4) is 17.2 Å². The van der Waals surface area contributed by atoms with Crippen LogP contribution in [0, 0.1) is 0 Å². The van der Waals surface area contributed by atoms with Gasteiger partial charge in [-0.3, -0.25) is 0 Å². The van der Waals surface area contributed by atoms with Gasteiger partial charge in [-0.05, 0) is 47.5 Å². The summed E-state index contributed by atoms with van der Waals surface area (Å²) in [6, 6.07) is 21.9. The molecule has 0 aliphatic heterocycles. The number of benzene rings is 3. The van der Waals surface area contributed by atoms with Crippen LogP contribution in [0.15, 0.2) is 72.8 Å². The number of rotatable bonds is 8. The molecule has 0 atom stereocenters. The van der Waals surface area contributed by atoms with Crippen LogP contribution in [0.1, 0.15) is 35.3 Å². The highest BCUT2D eigenvalue weighted by atomic mass is 16.5. The molecule has 2 N–H and O–H groups in total. The Hall–Kier alpha value is -3.47. The summed E-state index contributed by atoms with van der Waals surface area (Å²) in [5, 5.41) is 19.1. The van der Waals surface area contributed by atoms with Crippen LogP contribution in [0.25, 0.3) is 0 Å². The minimum absolute atomic E-state index is 0.110. The number of hydrogen-bond donors (Lipinski definition) is 2. The average molecular weight is 392 g/mol. The summed E-state index contributed by atoms with van der Waals surface area (Å²) in [6.07, 6.45) is 0. The van der Waals surface area contributed by atoms with E-state index in [0.29, 0.717) is 19.0 Å². The first-order valence-corrected chi connectivity index (χ1v) is 9.36. The minimum Gasteiger partial charge on any atom is -0.507 e. The van der Waals surface area contributed by atoms with Crippen molar-refractivity contribution in [2.45, 2.75) is 19.3 Å². The Morgan fingerprint density at radius 3 is 2.14 bits per heavy atom. The van der Waals surface area contributed by atoms with Gasteiger partial charge in [0.15, 0.2) is 0 Å². The first-order chi connectivity index (χ1) is 13.9. The second kappa shape index (κ2) is 8.69. The summed E-state index contributed by atoms with van der Waals surface area (Å²) in [7, 11) is 0. The van der Waals surface area contributed by atoms with Crippen molar-refractivity contribution in [2.75, 3.05) is 13.2 Å². The molecular formula is C24H24O5. The standard InChI is InChI=1S/C24H24O5/c1-24(2,18-11-12-22(25)21(16-18)23(26)27)17-7-6-10-20(15-17)29-14-13-28-19-8-4-3-5-9-19/h3-12,15-16,25H,13-14H2,1-2H3,(H,26,27). The van der Waals surface area contributed by atoms with Crippen molar-refractivity contribution >= 4 is 5.97 Å². The molecule has 3 aromatic carbocycles. The first kappa shape index (κ1) is 20.3.